The molecule has 0 aliphatic carbocycles. The standard InChI is InChI=1S/C11H14N4O2S/c1-6(2)13-9(16)5-18-8-4-3-7(12)10-11(8)15-17-14-10/h3-4,6H,5,12H2,1-2H3,(H,13,16). The highest BCUT2D eigenvalue weighted by Crippen LogP contribution is 2.28. The minimum atomic E-state index is -0.0172. The smallest absolute Gasteiger partial charge is 0.230 e. The molecule has 0 unspecified atom stereocenters. The molecule has 0 fully saturated rings. The van der Waals surface area contributed by atoms with Crippen LogP contribution in [-0.2, 0) is 4.79 Å². The topological polar surface area (TPSA) is 94.0 Å². The molecule has 0 saturated carbocycles. The van der Waals surface area contributed by atoms with Crippen LogP contribution in [0.3, 0.4) is 0 Å². The largest absolute Gasteiger partial charge is 0.397 e. The van der Waals surface area contributed by atoms with Gasteiger partial charge in [0, 0.05) is 10.9 Å². The van der Waals surface area contributed by atoms with Gasteiger partial charge in [-0.1, -0.05) is 0 Å². The first kappa shape index (κ1) is 12.7. The second-order valence-electron chi connectivity index (χ2n) is 4.13. The van der Waals surface area contributed by atoms with E-state index in [9.17, 15) is 4.79 Å². The van der Waals surface area contributed by atoms with E-state index in [-0.39, 0.29) is 11.9 Å². The van der Waals surface area contributed by atoms with Crippen molar-refractivity contribution in [1.29, 1.82) is 0 Å². The Morgan fingerprint density at radius 2 is 2.17 bits per heavy atom. The van der Waals surface area contributed by atoms with Crippen molar-refractivity contribution in [2.24, 2.45) is 0 Å². The Balaban J connectivity index is 2.10. The van der Waals surface area contributed by atoms with Crippen molar-refractivity contribution >= 4 is 34.4 Å². The molecular formula is C11H14N4O2S. The van der Waals surface area contributed by atoms with Gasteiger partial charge in [0.2, 0.25) is 5.91 Å². The molecule has 2 aromatic rings. The van der Waals surface area contributed by atoms with Crippen LogP contribution in [0.1, 0.15) is 13.8 Å². The van der Waals surface area contributed by atoms with Gasteiger partial charge in [0.25, 0.3) is 0 Å². The average molecular weight is 266 g/mol. The number of carbonyl (C=O) groups is 1. The van der Waals surface area contributed by atoms with E-state index >= 15 is 0 Å². The first-order chi connectivity index (χ1) is 8.58. The molecule has 0 spiro atoms. The molecule has 2 rings (SSSR count). The molecule has 0 aliphatic heterocycles. The summed E-state index contributed by atoms with van der Waals surface area (Å²) in [6.07, 6.45) is 0. The van der Waals surface area contributed by atoms with Gasteiger partial charge in [0.15, 0.2) is 11.0 Å². The highest BCUT2D eigenvalue weighted by molar-refractivity contribution is 8.00. The lowest BCUT2D eigenvalue weighted by atomic mass is 10.3. The zero-order valence-corrected chi connectivity index (χ0v) is 11.0. The zero-order valence-electron chi connectivity index (χ0n) is 10.1. The van der Waals surface area contributed by atoms with Crippen LogP contribution in [0.15, 0.2) is 21.7 Å². The molecule has 6 nitrogen and oxygen atoms in total. The van der Waals surface area contributed by atoms with Crippen molar-refractivity contribution in [1.82, 2.24) is 15.6 Å². The lowest BCUT2D eigenvalue weighted by Gasteiger charge is -2.07. The summed E-state index contributed by atoms with van der Waals surface area (Å²) in [6, 6.07) is 3.68. The number of aromatic nitrogens is 2. The Labute approximate surface area is 108 Å². The number of fused-ring (bicyclic) bond motifs is 1. The van der Waals surface area contributed by atoms with Crippen LogP contribution in [0, 0.1) is 0 Å². The van der Waals surface area contributed by atoms with Crippen LogP contribution in [0.4, 0.5) is 5.69 Å². The maximum atomic E-state index is 11.6. The fourth-order valence-electron chi connectivity index (χ4n) is 1.49. The van der Waals surface area contributed by atoms with E-state index in [1.807, 2.05) is 19.9 Å². The molecule has 0 radical (unpaired) electrons. The molecular weight excluding hydrogens is 252 g/mol. The molecule has 0 saturated heterocycles. The van der Waals surface area contributed by atoms with Crippen LogP contribution in [0.5, 0.6) is 0 Å². The molecule has 1 amide bonds. The molecule has 1 aromatic carbocycles. The number of nitrogens with zero attached hydrogens (tertiary/aromatic N) is 2. The monoisotopic (exact) mass is 266 g/mol. The highest BCUT2D eigenvalue weighted by atomic mass is 32.2. The van der Waals surface area contributed by atoms with Crippen molar-refractivity contribution in [2.75, 3.05) is 11.5 Å². The SMILES string of the molecule is CC(C)NC(=O)CSc1ccc(N)c2nonc12. The Morgan fingerprint density at radius 3 is 2.89 bits per heavy atom. The molecule has 96 valence electrons. The first-order valence-corrected chi connectivity index (χ1v) is 6.49. The molecule has 18 heavy (non-hydrogen) atoms. The minimum Gasteiger partial charge on any atom is -0.397 e. The molecule has 0 atom stereocenters. The van der Waals surface area contributed by atoms with Gasteiger partial charge in [0.1, 0.15) is 0 Å². The zero-order chi connectivity index (χ0) is 13.1. The predicted octanol–water partition coefficient (Wildman–Crippen LogP) is 1.42. The third kappa shape index (κ3) is 2.73. The lowest BCUT2D eigenvalue weighted by Crippen LogP contribution is -2.31. The van der Waals surface area contributed by atoms with Gasteiger partial charge in [-0.05, 0) is 36.3 Å². The van der Waals surface area contributed by atoms with E-state index in [0.717, 1.165) is 4.90 Å². The number of nitrogen functional groups attached to an aromatic ring is 1. The first-order valence-electron chi connectivity index (χ1n) is 5.51. The molecule has 0 bridgehead atoms. The van der Waals surface area contributed by atoms with Crippen LogP contribution < -0.4 is 11.1 Å². The molecule has 0 aliphatic rings. The quantitative estimate of drug-likeness (QED) is 0.642. The summed E-state index contributed by atoms with van der Waals surface area (Å²) in [4.78, 5) is 12.4. The van der Waals surface area contributed by atoms with Gasteiger partial charge < -0.3 is 11.1 Å². The molecule has 1 heterocycles. The summed E-state index contributed by atoms with van der Waals surface area (Å²) in [5, 5.41) is 10.4. The van der Waals surface area contributed by atoms with Crippen molar-refractivity contribution in [3.05, 3.63) is 12.1 Å². The summed E-state index contributed by atoms with van der Waals surface area (Å²) >= 11 is 1.38. The van der Waals surface area contributed by atoms with Gasteiger partial charge in [0.05, 0.1) is 11.4 Å². The van der Waals surface area contributed by atoms with Gasteiger partial charge in [-0.2, -0.15) is 0 Å². The van der Waals surface area contributed by atoms with Gasteiger partial charge in [-0.3, -0.25) is 4.79 Å². The Kier molecular flexibility index (Phi) is 3.71. The normalized spacial score (nSPS) is 11.1. The number of nitrogens with one attached hydrogen (secondary N) is 1. The fraction of sp³-hybridized carbons (Fsp3) is 0.364. The molecule has 7 heteroatoms. The number of thioether (sulfide) groups is 1. The van der Waals surface area contributed by atoms with Crippen molar-refractivity contribution in [3.63, 3.8) is 0 Å². The van der Waals surface area contributed by atoms with Crippen molar-refractivity contribution in [2.45, 2.75) is 24.8 Å². The summed E-state index contributed by atoms with van der Waals surface area (Å²) in [5.41, 5.74) is 7.38. The highest BCUT2D eigenvalue weighted by Gasteiger charge is 2.12. The summed E-state index contributed by atoms with van der Waals surface area (Å²) < 4.78 is 4.66. The number of hydrogen-bond acceptors (Lipinski definition) is 6. The Hall–Kier alpha value is -1.76. The number of amides is 1. The van der Waals surface area contributed by atoms with Crippen molar-refractivity contribution in [3.8, 4) is 0 Å². The summed E-state index contributed by atoms with van der Waals surface area (Å²) in [7, 11) is 0. The Morgan fingerprint density at radius 1 is 1.44 bits per heavy atom. The number of nitrogens with two attached hydrogens (primary N) is 1. The molecule has 1 aromatic heterocycles. The number of hydrogen-bond donors (Lipinski definition) is 2. The van der Waals surface area contributed by atoms with E-state index < -0.39 is 0 Å². The number of anilines is 1. The predicted molar refractivity (Wildman–Crippen MR) is 70.2 cm³/mol. The number of rotatable bonds is 4. The molecule has 3 N–H and O–H groups in total. The van der Waals surface area contributed by atoms with Crippen molar-refractivity contribution < 1.29 is 9.42 Å². The summed E-state index contributed by atoms with van der Waals surface area (Å²) in [6.45, 7) is 3.84. The van der Waals surface area contributed by atoms with E-state index in [0.29, 0.717) is 22.5 Å². The minimum absolute atomic E-state index is 0.0172. The fourth-order valence-corrected chi connectivity index (χ4v) is 2.29. The van der Waals surface area contributed by atoms with E-state index in [1.165, 1.54) is 11.8 Å². The second kappa shape index (κ2) is 5.26. The van der Waals surface area contributed by atoms with E-state index in [2.05, 4.69) is 20.3 Å². The maximum Gasteiger partial charge on any atom is 0.230 e. The third-order valence-corrected chi connectivity index (χ3v) is 3.27. The van der Waals surface area contributed by atoms with Crippen LogP contribution in [-0.4, -0.2) is 28.0 Å². The van der Waals surface area contributed by atoms with Crippen LogP contribution >= 0.6 is 11.8 Å². The number of carbonyl (C=O) groups excluding carboxylic acids is 1. The second-order valence-corrected chi connectivity index (χ2v) is 5.14. The van der Waals surface area contributed by atoms with Gasteiger partial charge in [-0.25, -0.2) is 4.63 Å². The van der Waals surface area contributed by atoms with E-state index in [4.69, 9.17) is 5.73 Å². The van der Waals surface area contributed by atoms with Crippen LogP contribution in [0.2, 0.25) is 0 Å². The van der Waals surface area contributed by atoms with Gasteiger partial charge >= 0.3 is 0 Å². The third-order valence-electron chi connectivity index (χ3n) is 2.22. The summed E-state index contributed by atoms with van der Waals surface area (Å²) in [5.74, 6) is 0.306. The van der Waals surface area contributed by atoms with E-state index in [1.54, 1.807) is 6.07 Å². The van der Waals surface area contributed by atoms with Crippen LogP contribution in [0.25, 0.3) is 11.0 Å². The Bertz CT molecular complexity index is 567. The number of benzene rings is 1. The van der Waals surface area contributed by atoms with Gasteiger partial charge in [-0.15, -0.1) is 11.8 Å². The maximum absolute atomic E-state index is 11.6. The average Bonchev–Trinajstić information content (AvgIpc) is 2.77. The lowest BCUT2D eigenvalue weighted by molar-refractivity contribution is -0.119.